The number of ether oxygens (including phenoxy) is 2. The van der Waals surface area contributed by atoms with Gasteiger partial charge in [0, 0.05) is 39.5 Å². The van der Waals surface area contributed by atoms with Crippen LogP contribution in [0, 0.1) is 11.8 Å². The van der Waals surface area contributed by atoms with Crippen LogP contribution in [0.2, 0.25) is 0 Å². The highest BCUT2D eigenvalue weighted by Crippen LogP contribution is 2.29. The second-order valence-electron chi connectivity index (χ2n) is 14.3. The molecule has 0 aromatic rings. The van der Waals surface area contributed by atoms with Gasteiger partial charge in [-0.25, -0.2) is 4.79 Å². The highest BCUT2D eigenvalue weighted by Gasteiger charge is 2.47. The molecule has 1 aliphatic carbocycles. The molecule has 2 fully saturated rings. The third-order valence-electron chi connectivity index (χ3n) is 10.3. The number of carboxylic acid groups (broad SMARTS) is 1. The first-order valence-corrected chi connectivity index (χ1v) is 18.2. The van der Waals surface area contributed by atoms with E-state index in [1.165, 1.54) is 44.4 Å². The number of hydrogen-bond donors (Lipinski definition) is 3. The van der Waals surface area contributed by atoms with E-state index in [-0.39, 0.29) is 31.3 Å². The third kappa shape index (κ3) is 14.2. The zero-order valence-electron chi connectivity index (χ0n) is 30.2. The van der Waals surface area contributed by atoms with Crippen molar-refractivity contribution in [2.45, 2.75) is 160 Å². The summed E-state index contributed by atoms with van der Waals surface area (Å²) in [6.07, 6.45) is 19.2. The van der Waals surface area contributed by atoms with E-state index in [0.29, 0.717) is 44.1 Å². The molecule has 1 heterocycles. The van der Waals surface area contributed by atoms with Gasteiger partial charge in [-0.2, -0.15) is 0 Å². The van der Waals surface area contributed by atoms with Crippen LogP contribution in [-0.4, -0.2) is 88.5 Å². The molecule has 2 aliphatic rings. The van der Waals surface area contributed by atoms with Crippen molar-refractivity contribution in [1.29, 1.82) is 0 Å². The summed E-state index contributed by atoms with van der Waals surface area (Å²) in [6.45, 7) is 5.83. The van der Waals surface area contributed by atoms with Crippen LogP contribution < -0.4 is 0 Å². The highest BCUT2D eigenvalue weighted by atomic mass is 16.5. The lowest BCUT2D eigenvalue weighted by Gasteiger charge is -2.35. The monoisotopic (exact) mass is 677 g/mol. The van der Waals surface area contributed by atoms with E-state index in [4.69, 9.17) is 9.47 Å². The van der Waals surface area contributed by atoms with E-state index in [0.717, 1.165) is 56.3 Å². The van der Waals surface area contributed by atoms with Crippen LogP contribution in [0.3, 0.4) is 0 Å². The summed E-state index contributed by atoms with van der Waals surface area (Å²) in [7, 11) is 3.34. The van der Waals surface area contributed by atoms with Gasteiger partial charge in [0.05, 0.1) is 12.2 Å². The summed E-state index contributed by atoms with van der Waals surface area (Å²) in [4.78, 5) is 50.5. The molecular weight excluding hydrogens is 614 g/mol. The lowest BCUT2D eigenvalue weighted by atomic mass is 9.85. The van der Waals surface area contributed by atoms with E-state index in [9.17, 15) is 34.5 Å². The number of ketones is 2. The summed E-state index contributed by atoms with van der Waals surface area (Å²) in [5.74, 6) is -6.81. The Morgan fingerprint density at radius 1 is 0.896 bits per heavy atom. The summed E-state index contributed by atoms with van der Waals surface area (Å²) in [5, 5.41) is 30.7. The molecular formula is C38H63NO9. The van der Waals surface area contributed by atoms with Gasteiger partial charge in [0.25, 0.3) is 11.7 Å². The third-order valence-corrected chi connectivity index (χ3v) is 10.3. The number of methoxy groups -OCH3 is 2. The molecule has 10 nitrogen and oxygen atoms in total. The van der Waals surface area contributed by atoms with E-state index < -0.39 is 35.4 Å². The lowest BCUT2D eigenvalue weighted by Crippen LogP contribution is -2.57. The Hall–Kier alpha value is -2.40. The van der Waals surface area contributed by atoms with Gasteiger partial charge in [-0.15, -0.1) is 0 Å². The Kier molecular flexibility index (Phi) is 18.8. The number of carbonyl (C=O) groups is 4. The predicted molar refractivity (Wildman–Crippen MR) is 185 cm³/mol. The van der Waals surface area contributed by atoms with Gasteiger partial charge < -0.3 is 29.7 Å². The molecule has 1 amide bonds. The SMILES string of the molecule is CO[C@H](CCCCC/C(C)=C/CC(=O)CCCC/C(C)=C/[C@@H]1CCC[C@H](OC)C1)C[C@@H](C)C(O)(O)C(=O)C(=O)N1CCCCC1C(=O)O. The number of allylic oxidation sites excluding steroid dienone is 4. The van der Waals surface area contributed by atoms with Crippen LogP contribution in [0.25, 0.3) is 0 Å². The quantitative estimate of drug-likeness (QED) is 0.0518. The van der Waals surface area contributed by atoms with Gasteiger partial charge >= 0.3 is 5.97 Å². The zero-order valence-corrected chi connectivity index (χ0v) is 30.2. The Bertz CT molecular complexity index is 1100. The molecule has 10 heteroatoms. The number of carbonyl (C=O) groups excluding carboxylic acids is 3. The van der Waals surface area contributed by atoms with Crippen molar-refractivity contribution in [1.82, 2.24) is 4.90 Å². The first-order valence-electron chi connectivity index (χ1n) is 18.2. The average Bonchev–Trinajstić information content (AvgIpc) is 3.07. The van der Waals surface area contributed by atoms with Crippen molar-refractivity contribution in [3.8, 4) is 0 Å². The van der Waals surface area contributed by atoms with Gasteiger partial charge in [0.2, 0.25) is 5.79 Å². The number of amides is 1. The fourth-order valence-corrected chi connectivity index (χ4v) is 7.04. The normalized spacial score (nSPS) is 22.3. The molecule has 1 unspecified atom stereocenters. The topological polar surface area (TPSA) is 151 Å². The van der Waals surface area contributed by atoms with Gasteiger partial charge in [-0.05, 0) is 103 Å². The fraction of sp³-hybridized carbons (Fsp3) is 0.789. The van der Waals surface area contributed by atoms with Gasteiger partial charge in [0.1, 0.15) is 11.8 Å². The largest absolute Gasteiger partial charge is 0.480 e. The van der Waals surface area contributed by atoms with Gasteiger partial charge in [-0.1, -0.05) is 49.5 Å². The number of aliphatic carboxylic acids is 1. The van der Waals surface area contributed by atoms with Crippen LogP contribution in [0.1, 0.15) is 136 Å². The van der Waals surface area contributed by atoms with Crippen molar-refractivity contribution >= 4 is 23.4 Å². The molecule has 1 saturated heterocycles. The molecule has 0 aromatic heterocycles. The maximum Gasteiger partial charge on any atom is 0.326 e. The Morgan fingerprint density at radius 3 is 2.27 bits per heavy atom. The number of rotatable bonds is 22. The number of nitrogens with zero attached hydrogens (tertiary/aromatic N) is 1. The first-order chi connectivity index (χ1) is 22.8. The smallest absolute Gasteiger partial charge is 0.326 e. The number of unbranched alkanes of at least 4 members (excludes halogenated alkanes) is 3. The number of aliphatic hydroxyl groups is 2. The number of Topliss-reactive ketones (excluding diaryl/α,β-unsaturated/α-hetero) is 2. The maximum absolute atomic E-state index is 12.8. The molecule has 0 bridgehead atoms. The molecule has 1 aliphatic heterocycles. The van der Waals surface area contributed by atoms with Crippen molar-refractivity contribution in [3.05, 3.63) is 23.3 Å². The molecule has 48 heavy (non-hydrogen) atoms. The summed E-state index contributed by atoms with van der Waals surface area (Å²) >= 11 is 0. The molecule has 1 saturated carbocycles. The molecule has 2 rings (SSSR count). The molecule has 3 N–H and O–H groups in total. The Labute approximate surface area is 288 Å². The second kappa shape index (κ2) is 21.6. The van der Waals surface area contributed by atoms with E-state index in [1.807, 2.05) is 6.08 Å². The Morgan fingerprint density at radius 2 is 1.58 bits per heavy atom. The van der Waals surface area contributed by atoms with Crippen LogP contribution in [0.5, 0.6) is 0 Å². The fourth-order valence-electron chi connectivity index (χ4n) is 7.04. The summed E-state index contributed by atoms with van der Waals surface area (Å²) < 4.78 is 11.1. The standard InChI is InChI=1S/C38H63NO9/c1-27(21-22-31(40)17-10-9-15-28(2)24-30-16-13-19-33(26-30)48-5)14-7-6-8-18-32(47-4)25-29(3)38(45,46)35(41)36(42)39-23-12-11-20-34(39)37(43)44/h21,24,29-30,32-34,45-46H,6-20,22-23,25-26H2,1-5H3,(H,43,44)/b27-21+,28-24+/t29-,30+,32-,33+,34?/m1/s1. The molecule has 0 radical (unpaired) electrons. The van der Waals surface area contributed by atoms with Crippen LogP contribution in [-0.2, 0) is 28.7 Å². The van der Waals surface area contributed by atoms with E-state index in [1.54, 1.807) is 7.11 Å². The maximum atomic E-state index is 12.8. The van der Waals surface area contributed by atoms with E-state index in [2.05, 4.69) is 19.9 Å². The molecule has 0 aromatic carbocycles. The van der Waals surface area contributed by atoms with E-state index >= 15 is 0 Å². The number of piperidine rings is 1. The van der Waals surface area contributed by atoms with Crippen LogP contribution >= 0.6 is 0 Å². The van der Waals surface area contributed by atoms with Crippen molar-refractivity contribution in [2.75, 3.05) is 20.8 Å². The van der Waals surface area contributed by atoms with Gasteiger partial charge in [-0.3, -0.25) is 14.4 Å². The van der Waals surface area contributed by atoms with Crippen LogP contribution in [0.15, 0.2) is 23.3 Å². The predicted octanol–water partition coefficient (Wildman–Crippen LogP) is 6.31. The minimum Gasteiger partial charge on any atom is -0.480 e. The average molecular weight is 678 g/mol. The number of likely N-dealkylation sites (tertiary alicyclic amines) is 1. The van der Waals surface area contributed by atoms with Crippen molar-refractivity contribution < 1.29 is 44.0 Å². The minimum atomic E-state index is -2.92. The summed E-state index contributed by atoms with van der Waals surface area (Å²) in [5.41, 5.74) is 2.63. The minimum absolute atomic E-state index is 0.0898. The summed E-state index contributed by atoms with van der Waals surface area (Å²) in [6, 6.07) is -1.14. The van der Waals surface area contributed by atoms with Crippen LogP contribution in [0.4, 0.5) is 0 Å². The molecule has 274 valence electrons. The lowest BCUT2D eigenvalue weighted by molar-refractivity contribution is -0.207. The first kappa shape index (κ1) is 41.8. The second-order valence-corrected chi connectivity index (χ2v) is 14.3. The van der Waals surface area contributed by atoms with Gasteiger partial charge in [0.15, 0.2) is 0 Å². The van der Waals surface area contributed by atoms with Crippen molar-refractivity contribution in [2.24, 2.45) is 11.8 Å². The Balaban J connectivity index is 1.64. The van der Waals surface area contributed by atoms with Crippen molar-refractivity contribution in [3.63, 3.8) is 0 Å². The number of carboxylic acids is 1. The molecule has 5 atom stereocenters. The number of hydrogen-bond acceptors (Lipinski definition) is 8. The zero-order chi connectivity index (χ0) is 35.7. The highest BCUT2D eigenvalue weighted by molar-refractivity contribution is 6.39. The molecule has 0 spiro atoms.